The third kappa shape index (κ3) is 4.95. The van der Waals surface area contributed by atoms with Crippen LogP contribution in [0.3, 0.4) is 0 Å². The van der Waals surface area contributed by atoms with Crippen LogP contribution in [0.25, 0.3) is 11.8 Å². The number of benzene rings is 2. The number of nitrogens with zero attached hydrogens (tertiary/aromatic N) is 3. The lowest BCUT2D eigenvalue weighted by Crippen LogP contribution is -2.25. The molecule has 0 spiro atoms. The van der Waals surface area contributed by atoms with E-state index in [1.807, 2.05) is 12.1 Å². The summed E-state index contributed by atoms with van der Waals surface area (Å²) < 4.78 is 28.6. The SMILES string of the molecule is O=C(/C=C/c1ccc(S(=O)(=O)NC2CC2)cc1)Nc1ccc(-n2cncn2)cc1. The summed E-state index contributed by atoms with van der Waals surface area (Å²) in [6.45, 7) is 0. The molecule has 9 heteroatoms. The Bertz CT molecular complexity index is 1120. The first-order valence-corrected chi connectivity index (χ1v) is 10.5. The van der Waals surface area contributed by atoms with Crippen LogP contribution in [-0.2, 0) is 14.8 Å². The van der Waals surface area contributed by atoms with E-state index >= 15 is 0 Å². The van der Waals surface area contributed by atoms with E-state index in [1.54, 1.807) is 41.4 Å². The predicted octanol–water partition coefficient (Wildman–Crippen LogP) is 2.36. The van der Waals surface area contributed by atoms with Gasteiger partial charge in [0.05, 0.1) is 10.6 Å². The van der Waals surface area contributed by atoms with Crippen LogP contribution in [0.1, 0.15) is 18.4 Å². The maximum atomic E-state index is 12.2. The highest BCUT2D eigenvalue weighted by Gasteiger charge is 2.27. The Morgan fingerprint density at radius 1 is 1.07 bits per heavy atom. The van der Waals surface area contributed by atoms with Crippen LogP contribution in [0.2, 0.25) is 0 Å². The molecule has 2 aromatic carbocycles. The van der Waals surface area contributed by atoms with Crippen molar-refractivity contribution < 1.29 is 13.2 Å². The molecule has 3 aromatic rings. The first-order chi connectivity index (χ1) is 14.0. The van der Waals surface area contributed by atoms with Gasteiger partial charge in [-0.2, -0.15) is 5.10 Å². The van der Waals surface area contributed by atoms with Crippen LogP contribution >= 0.6 is 0 Å². The molecule has 8 nitrogen and oxygen atoms in total. The van der Waals surface area contributed by atoms with Gasteiger partial charge in [-0.3, -0.25) is 4.79 Å². The van der Waals surface area contributed by atoms with Gasteiger partial charge in [-0.05, 0) is 60.9 Å². The Morgan fingerprint density at radius 3 is 2.41 bits per heavy atom. The van der Waals surface area contributed by atoms with Crippen molar-refractivity contribution in [3.8, 4) is 5.69 Å². The van der Waals surface area contributed by atoms with Gasteiger partial charge >= 0.3 is 0 Å². The summed E-state index contributed by atoms with van der Waals surface area (Å²) >= 11 is 0. The average molecular weight is 409 g/mol. The molecule has 148 valence electrons. The summed E-state index contributed by atoms with van der Waals surface area (Å²) in [4.78, 5) is 16.2. The third-order valence-corrected chi connectivity index (χ3v) is 5.87. The summed E-state index contributed by atoms with van der Waals surface area (Å²) in [7, 11) is -3.47. The van der Waals surface area contributed by atoms with Crippen molar-refractivity contribution in [2.24, 2.45) is 0 Å². The van der Waals surface area contributed by atoms with Crippen molar-refractivity contribution in [1.82, 2.24) is 19.5 Å². The minimum Gasteiger partial charge on any atom is -0.323 e. The van der Waals surface area contributed by atoms with Crippen molar-refractivity contribution in [3.05, 3.63) is 72.8 Å². The molecule has 2 N–H and O–H groups in total. The summed E-state index contributed by atoms with van der Waals surface area (Å²) in [5, 5.41) is 6.82. The van der Waals surface area contributed by atoms with Crippen molar-refractivity contribution >= 4 is 27.7 Å². The van der Waals surface area contributed by atoms with Crippen LogP contribution in [0, 0.1) is 0 Å². The molecule has 1 fully saturated rings. The van der Waals surface area contributed by atoms with Crippen LogP contribution in [0.4, 0.5) is 5.69 Å². The van der Waals surface area contributed by atoms with Crippen LogP contribution in [-0.4, -0.2) is 35.1 Å². The zero-order valence-corrected chi connectivity index (χ0v) is 16.2. The Kier molecular flexibility index (Phi) is 5.24. The molecular weight excluding hydrogens is 390 g/mol. The average Bonchev–Trinajstić information content (AvgIpc) is 3.34. The second-order valence-corrected chi connectivity index (χ2v) is 8.39. The van der Waals surface area contributed by atoms with Crippen LogP contribution in [0.15, 0.2) is 72.2 Å². The molecule has 4 rings (SSSR count). The standard InChI is InChI=1S/C20H19N5O3S/c26-20(23-16-6-8-18(9-7-16)25-14-21-13-22-25)12-3-15-1-10-19(11-2-15)29(27,28)24-17-4-5-17/h1-3,6-14,17,24H,4-5H2,(H,23,26)/b12-3+. The minimum absolute atomic E-state index is 0.0635. The topological polar surface area (TPSA) is 106 Å². The lowest BCUT2D eigenvalue weighted by atomic mass is 10.2. The molecule has 0 bridgehead atoms. The third-order valence-electron chi connectivity index (χ3n) is 4.33. The lowest BCUT2D eigenvalue weighted by molar-refractivity contribution is -0.111. The Labute approximate surface area is 168 Å². The Hall–Kier alpha value is -3.30. The second kappa shape index (κ2) is 7.98. The molecule has 0 unspecified atom stereocenters. The molecule has 1 aromatic heterocycles. The van der Waals surface area contributed by atoms with Gasteiger partial charge in [-0.25, -0.2) is 22.8 Å². The summed E-state index contributed by atoms with van der Waals surface area (Å²) in [5.41, 5.74) is 2.21. The van der Waals surface area contributed by atoms with E-state index in [-0.39, 0.29) is 16.8 Å². The highest BCUT2D eigenvalue weighted by molar-refractivity contribution is 7.89. The van der Waals surface area contributed by atoms with Gasteiger partial charge < -0.3 is 5.32 Å². The molecule has 0 saturated heterocycles. The number of hydrogen-bond acceptors (Lipinski definition) is 5. The maximum absolute atomic E-state index is 12.2. The predicted molar refractivity (Wildman–Crippen MR) is 109 cm³/mol. The van der Waals surface area contributed by atoms with Crippen molar-refractivity contribution in [2.45, 2.75) is 23.8 Å². The van der Waals surface area contributed by atoms with Gasteiger partial charge in [0, 0.05) is 17.8 Å². The number of sulfonamides is 1. The van der Waals surface area contributed by atoms with E-state index < -0.39 is 10.0 Å². The van der Waals surface area contributed by atoms with Gasteiger partial charge in [-0.1, -0.05) is 12.1 Å². The van der Waals surface area contributed by atoms with E-state index in [4.69, 9.17) is 0 Å². The van der Waals surface area contributed by atoms with Crippen molar-refractivity contribution in [1.29, 1.82) is 0 Å². The van der Waals surface area contributed by atoms with E-state index in [0.717, 1.165) is 24.1 Å². The number of carbonyl (C=O) groups is 1. The fourth-order valence-corrected chi connectivity index (χ4v) is 3.95. The van der Waals surface area contributed by atoms with Gasteiger partial charge in [0.25, 0.3) is 0 Å². The number of rotatable bonds is 7. The molecule has 1 heterocycles. The van der Waals surface area contributed by atoms with Crippen molar-refractivity contribution in [2.75, 3.05) is 5.32 Å². The van der Waals surface area contributed by atoms with Crippen molar-refractivity contribution in [3.63, 3.8) is 0 Å². The number of amides is 1. The molecule has 1 saturated carbocycles. The number of carbonyl (C=O) groups excluding carboxylic acids is 1. The zero-order chi connectivity index (χ0) is 20.3. The van der Waals surface area contributed by atoms with Gasteiger partial charge in [0.1, 0.15) is 12.7 Å². The Morgan fingerprint density at radius 2 is 1.79 bits per heavy atom. The molecule has 0 radical (unpaired) electrons. The second-order valence-electron chi connectivity index (χ2n) is 6.67. The molecule has 0 atom stereocenters. The van der Waals surface area contributed by atoms with Gasteiger partial charge in [-0.15, -0.1) is 0 Å². The fourth-order valence-electron chi connectivity index (χ4n) is 2.64. The highest BCUT2D eigenvalue weighted by Crippen LogP contribution is 2.22. The largest absolute Gasteiger partial charge is 0.323 e. The van der Waals surface area contributed by atoms with Gasteiger partial charge in [0.2, 0.25) is 15.9 Å². The van der Waals surface area contributed by atoms with E-state index in [0.29, 0.717) is 5.69 Å². The number of anilines is 1. The smallest absolute Gasteiger partial charge is 0.248 e. The molecule has 1 amide bonds. The maximum Gasteiger partial charge on any atom is 0.248 e. The van der Waals surface area contributed by atoms with E-state index in [1.165, 1.54) is 24.5 Å². The molecule has 0 aliphatic heterocycles. The monoisotopic (exact) mass is 409 g/mol. The van der Waals surface area contributed by atoms with Gasteiger partial charge in [0.15, 0.2) is 0 Å². The fraction of sp³-hybridized carbons (Fsp3) is 0.150. The number of nitrogens with one attached hydrogen (secondary N) is 2. The minimum atomic E-state index is -3.47. The molecule has 29 heavy (non-hydrogen) atoms. The summed E-state index contributed by atoms with van der Waals surface area (Å²) in [6.07, 6.45) is 7.85. The van der Waals surface area contributed by atoms with E-state index in [2.05, 4.69) is 20.1 Å². The molecule has 1 aliphatic rings. The summed E-state index contributed by atoms with van der Waals surface area (Å²) in [5.74, 6) is -0.286. The van der Waals surface area contributed by atoms with Crippen LogP contribution < -0.4 is 10.0 Å². The first kappa shape index (κ1) is 19.0. The first-order valence-electron chi connectivity index (χ1n) is 9.06. The zero-order valence-electron chi connectivity index (χ0n) is 15.4. The number of aromatic nitrogens is 3. The normalized spacial score (nSPS) is 14.2. The number of hydrogen-bond donors (Lipinski definition) is 2. The quantitative estimate of drug-likeness (QED) is 0.583. The Balaban J connectivity index is 1.35. The highest BCUT2D eigenvalue weighted by atomic mass is 32.2. The molecule has 1 aliphatic carbocycles. The molecular formula is C20H19N5O3S. The van der Waals surface area contributed by atoms with E-state index in [9.17, 15) is 13.2 Å². The lowest BCUT2D eigenvalue weighted by Gasteiger charge is -2.06. The summed E-state index contributed by atoms with van der Waals surface area (Å²) in [6, 6.07) is 13.6. The van der Waals surface area contributed by atoms with Crippen LogP contribution in [0.5, 0.6) is 0 Å².